The third-order valence-corrected chi connectivity index (χ3v) is 4.42. The zero-order valence-electron chi connectivity index (χ0n) is 11.0. The van der Waals surface area contributed by atoms with Gasteiger partial charge in [-0.15, -0.1) is 0 Å². The van der Waals surface area contributed by atoms with Crippen LogP contribution in [-0.4, -0.2) is 23.2 Å². The first-order valence-electron chi connectivity index (χ1n) is 6.76. The molecule has 4 heteroatoms. The van der Waals surface area contributed by atoms with E-state index in [-0.39, 0.29) is 5.91 Å². The Morgan fingerprint density at radius 2 is 1.90 bits per heavy atom. The van der Waals surface area contributed by atoms with Crippen LogP contribution >= 0.6 is 15.9 Å². The van der Waals surface area contributed by atoms with E-state index in [2.05, 4.69) is 21.2 Å². The van der Waals surface area contributed by atoms with Crippen LogP contribution in [0.4, 0.5) is 0 Å². The molecule has 0 bridgehead atoms. The van der Waals surface area contributed by atoms with E-state index in [4.69, 9.17) is 0 Å². The van der Waals surface area contributed by atoms with Gasteiger partial charge in [0.05, 0.1) is 5.60 Å². The highest BCUT2D eigenvalue weighted by molar-refractivity contribution is 9.10. The number of fused-ring (bicyclic) bond motifs is 1. The number of rotatable bonds is 3. The highest BCUT2D eigenvalue weighted by Crippen LogP contribution is 2.30. The van der Waals surface area contributed by atoms with Crippen LogP contribution in [0.5, 0.6) is 0 Å². The molecule has 104 valence electrons. The van der Waals surface area contributed by atoms with Gasteiger partial charge in [-0.25, -0.2) is 0 Å². The third kappa shape index (κ3) is 2.72. The number of carbonyl (C=O) groups is 1. The van der Waals surface area contributed by atoms with Gasteiger partial charge in [0.25, 0.3) is 5.91 Å². The van der Waals surface area contributed by atoms with Gasteiger partial charge in [0, 0.05) is 16.6 Å². The standard InChI is InChI=1S/C16H16BrNO2/c17-14-5-4-11-8-13(3-2-12(11)9-14)15(19)18-10-16(20)6-1-7-16/h2-5,8-9,20H,1,6-7,10H2,(H,18,19). The van der Waals surface area contributed by atoms with Crippen LogP contribution in [-0.2, 0) is 0 Å². The van der Waals surface area contributed by atoms with Gasteiger partial charge in [-0.05, 0) is 54.3 Å². The van der Waals surface area contributed by atoms with E-state index >= 15 is 0 Å². The summed E-state index contributed by atoms with van der Waals surface area (Å²) >= 11 is 3.43. The Morgan fingerprint density at radius 3 is 2.60 bits per heavy atom. The number of hydrogen-bond donors (Lipinski definition) is 2. The Morgan fingerprint density at radius 1 is 1.20 bits per heavy atom. The fourth-order valence-electron chi connectivity index (χ4n) is 2.47. The molecule has 0 spiro atoms. The van der Waals surface area contributed by atoms with E-state index in [0.717, 1.165) is 34.5 Å². The van der Waals surface area contributed by atoms with E-state index in [9.17, 15) is 9.90 Å². The molecule has 20 heavy (non-hydrogen) atoms. The van der Waals surface area contributed by atoms with Gasteiger partial charge < -0.3 is 10.4 Å². The lowest BCUT2D eigenvalue weighted by atomic mass is 9.80. The van der Waals surface area contributed by atoms with Crippen molar-refractivity contribution in [3.05, 3.63) is 46.4 Å². The summed E-state index contributed by atoms with van der Waals surface area (Å²) in [7, 11) is 0. The lowest BCUT2D eigenvalue weighted by Crippen LogP contribution is -2.47. The predicted octanol–water partition coefficient (Wildman–Crippen LogP) is 3.25. The molecule has 0 saturated heterocycles. The molecule has 2 aromatic rings. The third-order valence-electron chi connectivity index (χ3n) is 3.93. The summed E-state index contributed by atoms with van der Waals surface area (Å²) in [6, 6.07) is 11.6. The maximum Gasteiger partial charge on any atom is 0.251 e. The Kier molecular flexibility index (Phi) is 3.52. The summed E-state index contributed by atoms with van der Waals surface area (Å²) in [4.78, 5) is 12.1. The SMILES string of the molecule is O=C(NCC1(O)CCC1)c1ccc2cc(Br)ccc2c1. The maximum absolute atomic E-state index is 12.1. The van der Waals surface area contributed by atoms with E-state index in [1.807, 2.05) is 36.4 Å². The summed E-state index contributed by atoms with van der Waals surface area (Å²) in [5, 5.41) is 14.9. The van der Waals surface area contributed by atoms with Crippen molar-refractivity contribution in [1.29, 1.82) is 0 Å². The molecule has 2 aromatic carbocycles. The summed E-state index contributed by atoms with van der Waals surface area (Å²) < 4.78 is 1.02. The van der Waals surface area contributed by atoms with Crippen molar-refractivity contribution in [2.24, 2.45) is 0 Å². The van der Waals surface area contributed by atoms with Crippen LogP contribution in [0.15, 0.2) is 40.9 Å². The number of halogens is 1. The molecule has 1 saturated carbocycles. The van der Waals surface area contributed by atoms with E-state index in [0.29, 0.717) is 12.1 Å². The van der Waals surface area contributed by atoms with Gasteiger partial charge in [-0.2, -0.15) is 0 Å². The maximum atomic E-state index is 12.1. The molecule has 0 aromatic heterocycles. The molecule has 1 fully saturated rings. The van der Waals surface area contributed by atoms with Crippen LogP contribution in [0.25, 0.3) is 10.8 Å². The summed E-state index contributed by atoms with van der Waals surface area (Å²) in [5.41, 5.74) is -0.0556. The molecule has 1 aliphatic carbocycles. The largest absolute Gasteiger partial charge is 0.388 e. The van der Waals surface area contributed by atoms with E-state index in [1.54, 1.807) is 0 Å². The van der Waals surface area contributed by atoms with Crippen molar-refractivity contribution in [3.8, 4) is 0 Å². The van der Waals surface area contributed by atoms with Gasteiger partial charge in [-0.3, -0.25) is 4.79 Å². The smallest absolute Gasteiger partial charge is 0.251 e. The molecule has 1 amide bonds. The molecule has 3 rings (SSSR count). The molecule has 0 atom stereocenters. The average molecular weight is 334 g/mol. The molecule has 2 N–H and O–H groups in total. The number of aliphatic hydroxyl groups is 1. The molecular weight excluding hydrogens is 318 g/mol. The quantitative estimate of drug-likeness (QED) is 0.905. The molecule has 1 aliphatic rings. The minimum absolute atomic E-state index is 0.129. The zero-order valence-corrected chi connectivity index (χ0v) is 12.6. The van der Waals surface area contributed by atoms with Crippen LogP contribution in [0.2, 0.25) is 0 Å². The Labute approximate surface area is 126 Å². The highest BCUT2D eigenvalue weighted by Gasteiger charge is 2.34. The minimum atomic E-state index is -0.683. The van der Waals surface area contributed by atoms with Gasteiger partial charge in [0.15, 0.2) is 0 Å². The second-order valence-corrected chi connectivity index (χ2v) is 6.38. The fraction of sp³-hybridized carbons (Fsp3) is 0.312. The van der Waals surface area contributed by atoms with E-state index in [1.165, 1.54) is 0 Å². The minimum Gasteiger partial charge on any atom is -0.388 e. The molecule has 0 heterocycles. The van der Waals surface area contributed by atoms with Gasteiger partial charge in [0.2, 0.25) is 0 Å². The van der Waals surface area contributed by atoms with Crippen molar-refractivity contribution in [1.82, 2.24) is 5.32 Å². The van der Waals surface area contributed by atoms with Crippen molar-refractivity contribution in [3.63, 3.8) is 0 Å². The summed E-state index contributed by atoms with van der Waals surface area (Å²) in [6.45, 7) is 0.338. The topological polar surface area (TPSA) is 49.3 Å². The van der Waals surface area contributed by atoms with Crippen LogP contribution < -0.4 is 5.32 Å². The lowest BCUT2D eigenvalue weighted by Gasteiger charge is -2.36. The molecule has 3 nitrogen and oxygen atoms in total. The molecular formula is C16H16BrNO2. The van der Waals surface area contributed by atoms with E-state index < -0.39 is 5.60 Å². The van der Waals surface area contributed by atoms with Gasteiger partial charge >= 0.3 is 0 Å². The summed E-state index contributed by atoms with van der Waals surface area (Å²) in [5.74, 6) is -0.129. The van der Waals surface area contributed by atoms with Crippen molar-refractivity contribution in [2.75, 3.05) is 6.54 Å². The van der Waals surface area contributed by atoms with Crippen molar-refractivity contribution in [2.45, 2.75) is 24.9 Å². The predicted molar refractivity (Wildman–Crippen MR) is 82.8 cm³/mol. The molecule has 0 radical (unpaired) electrons. The highest BCUT2D eigenvalue weighted by atomic mass is 79.9. The first-order chi connectivity index (χ1) is 9.56. The van der Waals surface area contributed by atoms with Gasteiger partial charge in [0.1, 0.15) is 0 Å². The van der Waals surface area contributed by atoms with Gasteiger partial charge in [-0.1, -0.05) is 28.1 Å². The van der Waals surface area contributed by atoms with Crippen LogP contribution in [0.1, 0.15) is 29.6 Å². The second kappa shape index (κ2) is 5.19. The first-order valence-corrected chi connectivity index (χ1v) is 7.55. The fourth-order valence-corrected chi connectivity index (χ4v) is 2.85. The van der Waals surface area contributed by atoms with Crippen LogP contribution in [0, 0.1) is 0 Å². The number of amides is 1. The molecule has 0 unspecified atom stereocenters. The Hall–Kier alpha value is -1.39. The number of hydrogen-bond acceptors (Lipinski definition) is 2. The second-order valence-electron chi connectivity index (χ2n) is 5.47. The van der Waals surface area contributed by atoms with Crippen molar-refractivity contribution >= 4 is 32.6 Å². The lowest BCUT2D eigenvalue weighted by molar-refractivity contribution is -0.0300. The van der Waals surface area contributed by atoms with Crippen molar-refractivity contribution < 1.29 is 9.90 Å². The monoisotopic (exact) mass is 333 g/mol. The van der Waals surface area contributed by atoms with Crippen LogP contribution in [0.3, 0.4) is 0 Å². The number of carbonyl (C=O) groups excluding carboxylic acids is 1. The zero-order chi connectivity index (χ0) is 14.2. The first kappa shape index (κ1) is 13.6. The number of nitrogens with one attached hydrogen (secondary N) is 1. The summed E-state index contributed by atoms with van der Waals surface area (Å²) in [6.07, 6.45) is 2.59. The Balaban J connectivity index is 1.75. The normalized spacial score (nSPS) is 16.7. The molecule has 0 aliphatic heterocycles. The Bertz CT molecular complexity index is 665. The number of benzene rings is 2. The average Bonchev–Trinajstić information content (AvgIpc) is 2.42.